The van der Waals surface area contributed by atoms with Crippen LogP contribution in [0.1, 0.15) is 5.56 Å². The highest BCUT2D eigenvalue weighted by Gasteiger charge is 2.13. The number of hydrogen-bond acceptors (Lipinski definition) is 2. The summed E-state index contributed by atoms with van der Waals surface area (Å²) in [5.41, 5.74) is 0.357. The molecule has 1 amide bonds. The van der Waals surface area contributed by atoms with Crippen LogP contribution < -0.4 is 5.32 Å². The van der Waals surface area contributed by atoms with E-state index in [1.807, 2.05) is 0 Å². The lowest BCUT2D eigenvalue weighted by molar-refractivity contribution is -0.112. The van der Waals surface area contributed by atoms with Gasteiger partial charge in [-0.05, 0) is 35.9 Å². The van der Waals surface area contributed by atoms with E-state index >= 15 is 0 Å². The van der Waals surface area contributed by atoms with Gasteiger partial charge in [0.05, 0.1) is 5.69 Å². The van der Waals surface area contributed by atoms with Gasteiger partial charge < -0.3 is 5.32 Å². The fraction of sp³-hybridized carbons (Fsp3) is 0. The third kappa shape index (κ3) is 3.94. The Bertz CT molecular complexity index is 799. The third-order valence-corrected chi connectivity index (χ3v) is 3.59. The van der Waals surface area contributed by atoms with Gasteiger partial charge in [-0.2, -0.15) is 5.26 Å². The average molecular weight is 380 g/mol. The molecule has 6 heteroatoms. The van der Waals surface area contributed by atoms with Gasteiger partial charge in [-0.1, -0.05) is 45.7 Å². The van der Waals surface area contributed by atoms with Gasteiger partial charge in [-0.25, -0.2) is 4.39 Å². The Morgan fingerprint density at radius 2 is 2.05 bits per heavy atom. The van der Waals surface area contributed by atoms with Gasteiger partial charge in [-0.3, -0.25) is 4.79 Å². The van der Waals surface area contributed by atoms with Gasteiger partial charge >= 0.3 is 0 Å². The van der Waals surface area contributed by atoms with E-state index < -0.39 is 11.7 Å². The molecule has 0 aliphatic heterocycles. The van der Waals surface area contributed by atoms with E-state index in [2.05, 4.69) is 21.2 Å². The number of halogens is 3. The van der Waals surface area contributed by atoms with E-state index in [4.69, 9.17) is 16.9 Å². The van der Waals surface area contributed by atoms with Crippen molar-refractivity contribution in [1.82, 2.24) is 0 Å². The summed E-state index contributed by atoms with van der Waals surface area (Å²) in [6.07, 6.45) is 1.36. The summed E-state index contributed by atoms with van der Waals surface area (Å²) >= 11 is 9.11. The number of rotatable bonds is 3. The van der Waals surface area contributed by atoms with Crippen molar-refractivity contribution < 1.29 is 9.18 Å². The van der Waals surface area contributed by atoms with Crippen LogP contribution in [-0.4, -0.2) is 5.91 Å². The molecule has 0 fully saturated rings. The Morgan fingerprint density at radius 3 is 2.68 bits per heavy atom. The van der Waals surface area contributed by atoms with Crippen LogP contribution in [0.15, 0.2) is 52.5 Å². The van der Waals surface area contributed by atoms with Crippen molar-refractivity contribution in [2.75, 3.05) is 5.32 Å². The Hall–Kier alpha value is -2.16. The molecule has 1 N–H and O–H groups in total. The zero-order valence-corrected chi connectivity index (χ0v) is 13.5. The predicted molar refractivity (Wildman–Crippen MR) is 87.8 cm³/mol. The van der Waals surface area contributed by atoms with Gasteiger partial charge in [0, 0.05) is 9.50 Å². The average Bonchev–Trinajstić information content (AvgIpc) is 2.49. The van der Waals surface area contributed by atoms with Gasteiger partial charge in [0.25, 0.3) is 5.91 Å². The van der Waals surface area contributed by atoms with Crippen molar-refractivity contribution in [2.24, 2.45) is 0 Å². The highest BCUT2D eigenvalue weighted by molar-refractivity contribution is 9.10. The van der Waals surface area contributed by atoms with Gasteiger partial charge in [0.1, 0.15) is 17.5 Å². The van der Waals surface area contributed by atoms with E-state index in [-0.39, 0.29) is 11.3 Å². The Balaban J connectivity index is 2.27. The number of carbonyl (C=O) groups excluding carboxylic acids is 1. The topological polar surface area (TPSA) is 52.9 Å². The normalized spacial score (nSPS) is 10.9. The maximum Gasteiger partial charge on any atom is 0.266 e. The summed E-state index contributed by atoms with van der Waals surface area (Å²) in [4.78, 5) is 12.1. The monoisotopic (exact) mass is 378 g/mol. The largest absolute Gasteiger partial charge is 0.319 e. The molecule has 0 aliphatic carbocycles. The minimum atomic E-state index is -0.705. The minimum Gasteiger partial charge on any atom is -0.319 e. The van der Waals surface area contributed by atoms with Crippen molar-refractivity contribution in [2.45, 2.75) is 0 Å². The van der Waals surface area contributed by atoms with Crippen LogP contribution >= 0.6 is 27.5 Å². The van der Waals surface area contributed by atoms with Crippen LogP contribution in [0.2, 0.25) is 5.02 Å². The van der Waals surface area contributed by atoms with E-state index in [1.54, 1.807) is 36.4 Å². The molecule has 2 aromatic rings. The number of nitrogens with one attached hydrogen (secondary N) is 1. The summed E-state index contributed by atoms with van der Waals surface area (Å²) in [6, 6.07) is 12.8. The third-order valence-electron chi connectivity index (χ3n) is 2.75. The molecule has 0 saturated carbocycles. The highest BCUT2D eigenvalue weighted by Crippen LogP contribution is 2.21. The molecule has 0 aromatic heterocycles. The zero-order chi connectivity index (χ0) is 16.1. The maximum atomic E-state index is 13.7. The van der Waals surface area contributed by atoms with E-state index in [9.17, 15) is 9.18 Å². The Kier molecular flexibility index (Phi) is 5.31. The number of nitriles is 1. The number of amides is 1. The fourth-order valence-electron chi connectivity index (χ4n) is 1.68. The van der Waals surface area contributed by atoms with Gasteiger partial charge in [-0.15, -0.1) is 0 Å². The molecule has 0 radical (unpaired) electrons. The Morgan fingerprint density at radius 1 is 1.32 bits per heavy atom. The molecule has 0 unspecified atom stereocenters. The van der Waals surface area contributed by atoms with Gasteiger partial charge in [0.2, 0.25) is 0 Å². The van der Waals surface area contributed by atoms with Crippen molar-refractivity contribution in [3.63, 3.8) is 0 Å². The SMILES string of the molecule is N#C/C(=C\c1ccccc1Cl)C(=O)Nc1ccc(Br)cc1F. The molecule has 0 saturated heterocycles. The molecule has 0 spiro atoms. The predicted octanol–water partition coefficient (Wildman–Crippen LogP) is 4.79. The van der Waals surface area contributed by atoms with Crippen LogP contribution in [0.4, 0.5) is 10.1 Å². The Labute approximate surface area is 140 Å². The first-order valence-corrected chi connectivity index (χ1v) is 7.31. The van der Waals surface area contributed by atoms with Crippen LogP contribution in [-0.2, 0) is 4.79 Å². The molecule has 110 valence electrons. The smallest absolute Gasteiger partial charge is 0.266 e. The number of carbonyl (C=O) groups is 1. The van der Waals surface area contributed by atoms with E-state index in [1.165, 1.54) is 18.2 Å². The van der Waals surface area contributed by atoms with Crippen LogP contribution in [0.25, 0.3) is 6.08 Å². The second-order valence-electron chi connectivity index (χ2n) is 4.27. The first-order chi connectivity index (χ1) is 10.5. The first kappa shape index (κ1) is 16.2. The molecular formula is C16H9BrClFN2O. The summed E-state index contributed by atoms with van der Waals surface area (Å²) in [5.74, 6) is -1.30. The second-order valence-corrected chi connectivity index (χ2v) is 5.59. The number of nitrogens with zero attached hydrogens (tertiary/aromatic N) is 1. The molecule has 0 heterocycles. The van der Waals surface area contributed by atoms with E-state index in [0.29, 0.717) is 15.1 Å². The summed E-state index contributed by atoms with van der Waals surface area (Å²) in [6.45, 7) is 0. The molecule has 0 aliphatic rings. The number of anilines is 1. The highest BCUT2D eigenvalue weighted by atomic mass is 79.9. The molecule has 3 nitrogen and oxygen atoms in total. The summed E-state index contributed by atoms with van der Waals surface area (Å²) in [5, 5.41) is 11.9. The lowest BCUT2D eigenvalue weighted by Crippen LogP contribution is -2.14. The maximum absolute atomic E-state index is 13.7. The van der Waals surface area contributed by atoms with Crippen molar-refractivity contribution in [1.29, 1.82) is 5.26 Å². The molecular weight excluding hydrogens is 371 g/mol. The van der Waals surface area contributed by atoms with Crippen molar-refractivity contribution >= 4 is 45.2 Å². The lowest BCUT2D eigenvalue weighted by Gasteiger charge is -2.06. The molecule has 22 heavy (non-hydrogen) atoms. The fourth-order valence-corrected chi connectivity index (χ4v) is 2.20. The zero-order valence-electron chi connectivity index (χ0n) is 11.1. The molecule has 2 rings (SSSR count). The van der Waals surface area contributed by atoms with Gasteiger partial charge in [0.15, 0.2) is 0 Å². The lowest BCUT2D eigenvalue weighted by atomic mass is 10.1. The van der Waals surface area contributed by atoms with Crippen molar-refractivity contribution in [3.8, 4) is 6.07 Å². The summed E-state index contributed by atoms with van der Waals surface area (Å²) in [7, 11) is 0. The molecule has 0 atom stereocenters. The molecule has 0 bridgehead atoms. The van der Waals surface area contributed by atoms with Crippen molar-refractivity contribution in [3.05, 3.63) is 68.9 Å². The van der Waals surface area contributed by atoms with Crippen LogP contribution in [0, 0.1) is 17.1 Å². The van der Waals surface area contributed by atoms with Crippen LogP contribution in [0.5, 0.6) is 0 Å². The van der Waals surface area contributed by atoms with E-state index in [0.717, 1.165) is 0 Å². The summed E-state index contributed by atoms with van der Waals surface area (Å²) < 4.78 is 14.3. The minimum absolute atomic E-state index is 0.00601. The number of benzene rings is 2. The number of hydrogen-bond donors (Lipinski definition) is 1. The second kappa shape index (κ2) is 7.21. The standard InChI is InChI=1S/C16H9BrClFN2O/c17-12-5-6-15(14(19)8-12)21-16(22)11(9-20)7-10-3-1-2-4-13(10)18/h1-8H,(H,21,22)/b11-7+. The first-order valence-electron chi connectivity index (χ1n) is 6.14. The quantitative estimate of drug-likeness (QED) is 0.616. The van der Waals surface area contributed by atoms with Crippen LogP contribution in [0.3, 0.4) is 0 Å². The molecule has 2 aromatic carbocycles.